The fourth-order valence-corrected chi connectivity index (χ4v) is 3.55. The van der Waals surface area contributed by atoms with Crippen LogP contribution in [0.3, 0.4) is 0 Å². The lowest BCUT2D eigenvalue weighted by Gasteiger charge is -2.39. The molecule has 1 aromatic rings. The van der Waals surface area contributed by atoms with Gasteiger partial charge in [0.05, 0.1) is 5.56 Å². The third-order valence-corrected chi connectivity index (χ3v) is 4.96. The highest BCUT2D eigenvalue weighted by Crippen LogP contribution is 2.37. The lowest BCUT2D eigenvalue weighted by Crippen LogP contribution is -2.44. The van der Waals surface area contributed by atoms with E-state index in [0.29, 0.717) is 24.2 Å². The van der Waals surface area contributed by atoms with Crippen molar-refractivity contribution in [2.24, 2.45) is 5.41 Å². The van der Waals surface area contributed by atoms with Gasteiger partial charge in [0, 0.05) is 32.2 Å². The van der Waals surface area contributed by atoms with Crippen molar-refractivity contribution in [3.63, 3.8) is 0 Å². The third kappa shape index (κ3) is 3.87. The number of piperidine rings is 1. The molecule has 0 radical (unpaired) electrons. The zero-order valence-corrected chi connectivity index (χ0v) is 14.5. The molecule has 0 bridgehead atoms. The Bertz CT molecular complexity index is 622. The maximum absolute atomic E-state index is 14.0. The zero-order chi connectivity index (χ0) is 16.4. The normalized spacial score (nSPS) is 19.0. The predicted octanol–water partition coefficient (Wildman–Crippen LogP) is 2.42. The molecule has 5 nitrogen and oxygen atoms in total. The first kappa shape index (κ1) is 18.7. The van der Waals surface area contributed by atoms with Gasteiger partial charge in [-0.25, -0.2) is 4.39 Å². The molecule has 1 aromatic carbocycles. The molecule has 2 heterocycles. The lowest BCUT2D eigenvalue weighted by atomic mass is 9.78. The minimum Gasteiger partial charge on any atom is -0.339 e. The summed E-state index contributed by atoms with van der Waals surface area (Å²) in [4.78, 5) is 25.5. The molecular weight excluding hydrogens is 333 g/mol. The molecule has 2 aliphatic rings. The van der Waals surface area contributed by atoms with Crippen molar-refractivity contribution in [1.29, 1.82) is 0 Å². The first-order valence-electron chi connectivity index (χ1n) is 8.06. The van der Waals surface area contributed by atoms with Crippen LogP contribution in [0.1, 0.15) is 36.5 Å². The molecule has 1 spiro atoms. The Morgan fingerprint density at radius 1 is 1.25 bits per heavy atom. The third-order valence-electron chi connectivity index (χ3n) is 4.96. The second kappa shape index (κ2) is 7.49. The van der Waals surface area contributed by atoms with Gasteiger partial charge in [0.1, 0.15) is 5.82 Å². The largest absolute Gasteiger partial charge is 0.339 e. The topological polar surface area (TPSA) is 61.4 Å². The standard InChI is InChI=1S/C17H22FN3O2.ClH/c1-12(22)20-13-2-3-15(18)14(10-13)16(23)21-8-5-17(6-9-21)4-7-19-11-17;/h2-3,10,19H,4-9,11H2,1H3,(H,20,22);1H. The molecule has 132 valence electrons. The number of rotatable bonds is 2. The van der Waals surface area contributed by atoms with E-state index in [-0.39, 0.29) is 29.8 Å². The van der Waals surface area contributed by atoms with Crippen LogP contribution in [0.2, 0.25) is 0 Å². The van der Waals surface area contributed by atoms with Crippen molar-refractivity contribution >= 4 is 29.9 Å². The number of hydrogen-bond acceptors (Lipinski definition) is 3. The Kier molecular flexibility index (Phi) is 5.83. The van der Waals surface area contributed by atoms with Crippen molar-refractivity contribution in [2.45, 2.75) is 26.2 Å². The summed E-state index contributed by atoms with van der Waals surface area (Å²) in [5, 5.41) is 5.97. The minimum absolute atomic E-state index is 0. The fraction of sp³-hybridized carbons (Fsp3) is 0.529. The van der Waals surface area contributed by atoms with Crippen LogP contribution < -0.4 is 10.6 Å². The average molecular weight is 356 g/mol. The average Bonchev–Trinajstić information content (AvgIpc) is 2.97. The maximum Gasteiger partial charge on any atom is 0.256 e. The number of hydrogen-bond donors (Lipinski definition) is 2. The van der Waals surface area contributed by atoms with Crippen molar-refractivity contribution in [3.05, 3.63) is 29.6 Å². The summed E-state index contributed by atoms with van der Waals surface area (Å²) >= 11 is 0. The lowest BCUT2D eigenvalue weighted by molar-refractivity contribution is -0.114. The molecule has 3 rings (SSSR count). The van der Waals surface area contributed by atoms with Gasteiger partial charge in [-0.3, -0.25) is 9.59 Å². The van der Waals surface area contributed by atoms with Gasteiger partial charge in [0.15, 0.2) is 0 Å². The summed E-state index contributed by atoms with van der Waals surface area (Å²) in [5.41, 5.74) is 0.778. The van der Waals surface area contributed by atoms with E-state index >= 15 is 0 Å². The first-order chi connectivity index (χ1) is 11.0. The number of nitrogens with one attached hydrogen (secondary N) is 2. The first-order valence-corrected chi connectivity index (χ1v) is 8.06. The molecule has 2 fully saturated rings. The molecule has 7 heteroatoms. The van der Waals surface area contributed by atoms with Crippen LogP contribution in [0.15, 0.2) is 18.2 Å². The summed E-state index contributed by atoms with van der Waals surface area (Å²) in [6, 6.07) is 4.11. The fourth-order valence-electron chi connectivity index (χ4n) is 3.55. The van der Waals surface area contributed by atoms with Crippen LogP contribution in [0.5, 0.6) is 0 Å². The van der Waals surface area contributed by atoms with Gasteiger partial charge >= 0.3 is 0 Å². The van der Waals surface area contributed by atoms with Gasteiger partial charge in [-0.15, -0.1) is 12.4 Å². The van der Waals surface area contributed by atoms with Gasteiger partial charge < -0.3 is 15.5 Å². The highest BCUT2D eigenvalue weighted by atomic mass is 35.5. The Balaban J connectivity index is 0.00000208. The number of benzene rings is 1. The van der Waals surface area contributed by atoms with Gasteiger partial charge in [-0.05, 0) is 49.4 Å². The van der Waals surface area contributed by atoms with Crippen molar-refractivity contribution < 1.29 is 14.0 Å². The van der Waals surface area contributed by atoms with Crippen molar-refractivity contribution in [1.82, 2.24) is 10.2 Å². The van der Waals surface area contributed by atoms with Gasteiger partial charge in [-0.2, -0.15) is 0 Å². The van der Waals surface area contributed by atoms with Crippen LogP contribution in [-0.2, 0) is 4.79 Å². The SMILES string of the molecule is CC(=O)Nc1ccc(F)c(C(=O)N2CCC3(CCNC3)CC2)c1.Cl. The highest BCUT2D eigenvalue weighted by Gasteiger charge is 2.38. The van der Waals surface area contributed by atoms with Crippen LogP contribution in [0.25, 0.3) is 0 Å². The number of nitrogens with zero attached hydrogens (tertiary/aromatic N) is 1. The van der Waals surface area contributed by atoms with Crippen molar-refractivity contribution in [3.8, 4) is 0 Å². The Morgan fingerprint density at radius 2 is 1.96 bits per heavy atom. The quantitative estimate of drug-likeness (QED) is 0.856. The van der Waals surface area contributed by atoms with E-state index in [9.17, 15) is 14.0 Å². The monoisotopic (exact) mass is 355 g/mol. The summed E-state index contributed by atoms with van der Waals surface area (Å²) in [6.45, 7) is 4.75. The molecule has 24 heavy (non-hydrogen) atoms. The second-order valence-electron chi connectivity index (χ2n) is 6.59. The summed E-state index contributed by atoms with van der Waals surface area (Å²) < 4.78 is 14.0. The molecule has 0 atom stereocenters. The van der Waals surface area contributed by atoms with Crippen LogP contribution in [0.4, 0.5) is 10.1 Å². The van der Waals surface area contributed by atoms with Gasteiger partial charge in [0.25, 0.3) is 5.91 Å². The van der Waals surface area contributed by atoms with Crippen LogP contribution >= 0.6 is 12.4 Å². The summed E-state index contributed by atoms with van der Waals surface area (Å²) in [6.07, 6.45) is 3.07. The predicted molar refractivity (Wildman–Crippen MR) is 93.0 cm³/mol. The van der Waals surface area contributed by atoms with Gasteiger partial charge in [-0.1, -0.05) is 0 Å². The molecule has 2 amide bonds. The second-order valence-corrected chi connectivity index (χ2v) is 6.59. The van der Waals surface area contributed by atoms with Crippen molar-refractivity contribution in [2.75, 3.05) is 31.5 Å². The summed E-state index contributed by atoms with van der Waals surface area (Å²) in [5.74, 6) is -1.09. The van der Waals surface area contributed by atoms with E-state index in [0.717, 1.165) is 32.4 Å². The number of halogens is 2. The zero-order valence-electron chi connectivity index (χ0n) is 13.7. The Hall–Kier alpha value is -1.66. The highest BCUT2D eigenvalue weighted by molar-refractivity contribution is 5.97. The molecule has 0 aromatic heterocycles. The van der Waals surface area contributed by atoms with E-state index in [4.69, 9.17) is 0 Å². The number of carbonyl (C=O) groups is 2. The molecular formula is C17H23ClFN3O2. The molecule has 2 saturated heterocycles. The van der Waals surface area contributed by atoms with Crippen LogP contribution in [-0.4, -0.2) is 42.9 Å². The number of amides is 2. The molecule has 2 aliphatic heterocycles. The van der Waals surface area contributed by atoms with E-state index in [1.807, 2.05) is 0 Å². The molecule has 0 unspecified atom stereocenters. The van der Waals surface area contributed by atoms with E-state index in [2.05, 4.69) is 10.6 Å². The Morgan fingerprint density at radius 3 is 2.54 bits per heavy atom. The number of carbonyl (C=O) groups excluding carboxylic acids is 2. The Labute approximate surface area is 147 Å². The molecule has 0 aliphatic carbocycles. The van der Waals surface area contributed by atoms with Gasteiger partial charge in [0.2, 0.25) is 5.91 Å². The summed E-state index contributed by atoms with van der Waals surface area (Å²) in [7, 11) is 0. The maximum atomic E-state index is 14.0. The molecule has 2 N–H and O–H groups in total. The smallest absolute Gasteiger partial charge is 0.256 e. The van der Waals surface area contributed by atoms with Crippen LogP contribution in [0, 0.1) is 11.2 Å². The van der Waals surface area contributed by atoms with E-state index in [1.165, 1.54) is 25.1 Å². The number of likely N-dealkylation sites (tertiary alicyclic amines) is 1. The number of anilines is 1. The van der Waals surface area contributed by atoms with E-state index in [1.54, 1.807) is 4.90 Å². The minimum atomic E-state index is -0.549. The van der Waals surface area contributed by atoms with E-state index < -0.39 is 5.82 Å². The molecule has 0 saturated carbocycles.